The van der Waals surface area contributed by atoms with Crippen molar-refractivity contribution in [1.82, 2.24) is 10.6 Å². The number of ether oxygens (including phenoxy) is 1. The number of hydrogen-bond acceptors (Lipinski definition) is 2. The second-order valence-electron chi connectivity index (χ2n) is 4.92. The molecular weight excluding hydrogens is 276 g/mol. The van der Waals surface area contributed by atoms with E-state index in [0.29, 0.717) is 19.7 Å². The lowest BCUT2D eigenvalue weighted by Crippen LogP contribution is -2.36. The minimum Gasteiger partial charge on any atom is -0.494 e. The number of amides is 2. The first-order valence-corrected chi connectivity index (χ1v) is 7.55. The molecule has 4 heteroatoms. The maximum absolute atomic E-state index is 11.7. The molecule has 0 fully saturated rings. The van der Waals surface area contributed by atoms with Crippen LogP contribution in [-0.4, -0.2) is 19.2 Å². The SMILES string of the molecule is CCOc1ccc(CCNC(=O)NCc2ccccc2)cc1. The Kier molecular flexibility index (Phi) is 6.30. The van der Waals surface area contributed by atoms with Crippen molar-refractivity contribution >= 4 is 6.03 Å². The fourth-order valence-corrected chi connectivity index (χ4v) is 2.08. The Labute approximate surface area is 131 Å². The average molecular weight is 298 g/mol. The molecule has 0 bridgehead atoms. The van der Waals surface area contributed by atoms with Gasteiger partial charge in [0.05, 0.1) is 6.61 Å². The maximum Gasteiger partial charge on any atom is 0.315 e. The summed E-state index contributed by atoms with van der Waals surface area (Å²) < 4.78 is 5.40. The van der Waals surface area contributed by atoms with Crippen LogP contribution < -0.4 is 15.4 Å². The van der Waals surface area contributed by atoms with Gasteiger partial charge in [0.15, 0.2) is 0 Å². The Morgan fingerprint density at radius 1 is 0.955 bits per heavy atom. The van der Waals surface area contributed by atoms with Gasteiger partial charge in [-0.05, 0) is 36.6 Å². The van der Waals surface area contributed by atoms with E-state index in [2.05, 4.69) is 10.6 Å². The quantitative estimate of drug-likeness (QED) is 0.825. The molecule has 0 radical (unpaired) electrons. The van der Waals surface area contributed by atoms with Crippen molar-refractivity contribution in [1.29, 1.82) is 0 Å². The van der Waals surface area contributed by atoms with Crippen molar-refractivity contribution in [3.63, 3.8) is 0 Å². The van der Waals surface area contributed by atoms with E-state index in [1.54, 1.807) is 0 Å². The molecule has 2 aromatic rings. The van der Waals surface area contributed by atoms with E-state index in [0.717, 1.165) is 17.7 Å². The zero-order chi connectivity index (χ0) is 15.6. The second kappa shape index (κ2) is 8.72. The van der Waals surface area contributed by atoms with Gasteiger partial charge in [-0.1, -0.05) is 42.5 Å². The van der Waals surface area contributed by atoms with Crippen LogP contribution in [0.4, 0.5) is 4.79 Å². The minimum absolute atomic E-state index is 0.144. The van der Waals surface area contributed by atoms with Crippen LogP contribution in [0.3, 0.4) is 0 Å². The van der Waals surface area contributed by atoms with E-state index in [1.165, 1.54) is 5.56 Å². The van der Waals surface area contributed by atoms with E-state index in [9.17, 15) is 4.79 Å². The molecule has 0 spiro atoms. The third-order valence-electron chi connectivity index (χ3n) is 3.23. The molecule has 2 rings (SSSR count). The highest BCUT2D eigenvalue weighted by Gasteiger charge is 2.00. The van der Waals surface area contributed by atoms with Gasteiger partial charge < -0.3 is 15.4 Å². The number of nitrogens with one attached hydrogen (secondary N) is 2. The van der Waals surface area contributed by atoms with Gasteiger partial charge in [0.1, 0.15) is 5.75 Å². The van der Waals surface area contributed by atoms with E-state index in [4.69, 9.17) is 4.74 Å². The Balaban J connectivity index is 1.66. The normalized spacial score (nSPS) is 10.0. The summed E-state index contributed by atoms with van der Waals surface area (Å²) in [4.78, 5) is 11.7. The van der Waals surface area contributed by atoms with Gasteiger partial charge in [0.25, 0.3) is 0 Å². The molecule has 22 heavy (non-hydrogen) atoms. The molecule has 0 saturated heterocycles. The number of rotatable bonds is 7. The van der Waals surface area contributed by atoms with Crippen LogP contribution in [0.1, 0.15) is 18.1 Å². The van der Waals surface area contributed by atoms with Gasteiger partial charge in [-0.25, -0.2) is 4.79 Å². The Hall–Kier alpha value is -2.49. The molecule has 2 N–H and O–H groups in total. The summed E-state index contributed by atoms with van der Waals surface area (Å²) in [6.45, 7) is 3.78. The molecule has 2 aromatic carbocycles. The molecular formula is C18H22N2O2. The first kappa shape index (κ1) is 15.9. The Morgan fingerprint density at radius 3 is 2.36 bits per heavy atom. The molecule has 2 amide bonds. The molecule has 4 nitrogen and oxygen atoms in total. The fraction of sp³-hybridized carbons (Fsp3) is 0.278. The lowest BCUT2D eigenvalue weighted by molar-refractivity contribution is 0.240. The highest BCUT2D eigenvalue weighted by molar-refractivity contribution is 5.73. The van der Waals surface area contributed by atoms with Crippen LogP contribution in [0.5, 0.6) is 5.75 Å². The van der Waals surface area contributed by atoms with E-state index in [1.807, 2.05) is 61.5 Å². The number of urea groups is 1. The molecule has 0 unspecified atom stereocenters. The summed E-state index contributed by atoms with van der Waals surface area (Å²) in [5.41, 5.74) is 2.26. The molecule has 0 aliphatic heterocycles. The average Bonchev–Trinajstić information content (AvgIpc) is 2.56. The summed E-state index contributed by atoms with van der Waals surface area (Å²) in [7, 11) is 0. The van der Waals surface area contributed by atoms with Gasteiger partial charge >= 0.3 is 6.03 Å². The van der Waals surface area contributed by atoms with Gasteiger partial charge in [0, 0.05) is 13.1 Å². The summed E-state index contributed by atoms with van der Waals surface area (Å²) in [6, 6.07) is 17.7. The highest BCUT2D eigenvalue weighted by Crippen LogP contribution is 2.12. The number of carbonyl (C=O) groups is 1. The fourth-order valence-electron chi connectivity index (χ4n) is 2.08. The predicted octanol–water partition coefficient (Wildman–Crippen LogP) is 3.13. The van der Waals surface area contributed by atoms with Crippen molar-refractivity contribution in [2.45, 2.75) is 19.9 Å². The Bertz CT molecular complexity index is 567. The van der Waals surface area contributed by atoms with Crippen molar-refractivity contribution < 1.29 is 9.53 Å². The molecule has 0 atom stereocenters. The largest absolute Gasteiger partial charge is 0.494 e. The van der Waals surface area contributed by atoms with Gasteiger partial charge in [-0.15, -0.1) is 0 Å². The lowest BCUT2D eigenvalue weighted by Gasteiger charge is -2.08. The second-order valence-corrected chi connectivity index (χ2v) is 4.92. The van der Waals surface area contributed by atoms with Crippen LogP contribution in [-0.2, 0) is 13.0 Å². The molecule has 0 aliphatic rings. The third kappa shape index (κ3) is 5.48. The number of carbonyl (C=O) groups excluding carboxylic acids is 1. The number of benzene rings is 2. The van der Waals surface area contributed by atoms with E-state index in [-0.39, 0.29) is 6.03 Å². The summed E-state index contributed by atoms with van der Waals surface area (Å²) >= 11 is 0. The van der Waals surface area contributed by atoms with Crippen LogP contribution in [0.2, 0.25) is 0 Å². The van der Waals surface area contributed by atoms with Crippen LogP contribution in [0.15, 0.2) is 54.6 Å². The molecule has 116 valence electrons. The van der Waals surface area contributed by atoms with Crippen molar-refractivity contribution in [2.24, 2.45) is 0 Å². The first-order chi connectivity index (χ1) is 10.8. The smallest absolute Gasteiger partial charge is 0.315 e. The third-order valence-corrected chi connectivity index (χ3v) is 3.23. The highest BCUT2D eigenvalue weighted by atomic mass is 16.5. The van der Waals surface area contributed by atoms with E-state index < -0.39 is 0 Å². The topological polar surface area (TPSA) is 50.4 Å². The number of hydrogen-bond donors (Lipinski definition) is 2. The predicted molar refractivity (Wildman–Crippen MR) is 88.0 cm³/mol. The summed E-state index contributed by atoms with van der Waals surface area (Å²) in [5.74, 6) is 0.875. The molecule has 0 saturated carbocycles. The van der Waals surface area contributed by atoms with E-state index >= 15 is 0 Å². The zero-order valence-corrected chi connectivity index (χ0v) is 12.8. The van der Waals surface area contributed by atoms with Gasteiger partial charge in [-0.2, -0.15) is 0 Å². The van der Waals surface area contributed by atoms with Crippen LogP contribution in [0.25, 0.3) is 0 Å². The molecule has 0 aromatic heterocycles. The minimum atomic E-state index is -0.144. The van der Waals surface area contributed by atoms with Crippen LogP contribution in [0, 0.1) is 0 Å². The lowest BCUT2D eigenvalue weighted by atomic mass is 10.1. The zero-order valence-electron chi connectivity index (χ0n) is 12.8. The van der Waals surface area contributed by atoms with Crippen molar-refractivity contribution in [3.05, 3.63) is 65.7 Å². The standard InChI is InChI=1S/C18H22N2O2/c1-2-22-17-10-8-15(9-11-17)12-13-19-18(21)20-14-16-6-4-3-5-7-16/h3-11H,2,12-14H2,1H3,(H2,19,20,21). The molecule has 0 aliphatic carbocycles. The van der Waals surface area contributed by atoms with Crippen molar-refractivity contribution in [2.75, 3.05) is 13.2 Å². The van der Waals surface area contributed by atoms with Crippen molar-refractivity contribution in [3.8, 4) is 5.75 Å². The van der Waals surface area contributed by atoms with Gasteiger partial charge in [0.2, 0.25) is 0 Å². The first-order valence-electron chi connectivity index (χ1n) is 7.55. The van der Waals surface area contributed by atoms with Gasteiger partial charge in [-0.3, -0.25) is 0 Å². The summed E-state index contributed by atoms with van der Waals surface area (Å²) in [5, 5.41) is 5.70. The van der Waals surface area contributed by atoms with Crippen LogP contribution >= 0.6 is 0 Å². The Morgan fingerprint density at radius 2 is 1.68 bits per heavy atom. The maximum atomic E-state index is 11.7. The summed E-state index contributed by atoms with van der Waals surface area (Å²) in [6.07, 6.45) is 0.797. The molecule has 0 heterocycles. The monoisotopic (exact) mass is 298 g/mol.